The fraction of sp³-hybridized carbons (Fsp3) is 0.516. The number of carbonyl (C=O) groups is 1. The first kappa shape index (κ1) is 35.3. The van der Waals surface area contributed by atoms with E-state index in [2.05, 4.69) is 0 Å². The third kappa shape index (κ3) is 8.25. The Hall–Kier alpha value is -3.51. The van der Waals surface area contributed by atoms with Gasteiger partial charge in [0.15, 0.2) is 41.7 Å². The Balaban J connectivity index is 1.52. The van der Waals surface area contributed by atoms with E-state index in [0.717, 1.165) is 11.6 Å². The fourth-order valence-corrected chi connectivity index (χ4v) is 5.07. The van der Waals surface area contributed by atoms with E-state index in [-0.39, 0.29) is 12.4 Å². The number of phenols is 2. The molecular formula is C31H40O15. The molecule has 0 aromatic heterocycles. The van der Waals surface area contributed by atoms with Crippen LogP contribution in [0, 0.1) is 0 Å². The SMILES string of the molecule is COc1ccc(CCOC2OC(CO)C(OC(=O)/C=C/c3ccc(O)c(O)c3)C(OC3OC(C)C(O)C(O)C3O)C2O)cc1OC. The molecule has 10 unspecified atom stereocenters. The number of aliphatic hydroxyl groups is 5. The van der Waals surface area contributed by atoms with Gasteiger partial charge in [-0.05, 0) is 54.8 Å². The van der Waals surface area contributed by atoms with Gasteiger partial charge in [-0.2, -0.15) is 0 Å². The standard InChI is InChI=1S/C31H40O15/c1-15-24(36)25(37)26(38)31(43-15)46-29-27(39)30(42-11-10-17-5-8-20(40-2)21(13-17)41-3)44-22(14-32)28(29)45-23(35)9-6-16-4-7-18(33)19(34)12-16/h4-9,12-13,15,22,24-34,36-39H,10-11,14H2,1-3H3/b9-6+. The van der Waals surface area contributed by atoms with Gasteiger partial charge in [0.25, 0.3) is 0 Å². The monoisotopic (exact) mass is 652 g/mol. The molecule has 15 nitrogen and oxygen atoms in total. The zero-order valence-electron chi connectivity index (χ0n) is 25.4. The number of phenolic OH excluding ortho intramolecular Hbond substituents is 2. The van der Waals surface area contributed by atoms with Crippen LogP contribution in [0.15, 0.2) is 42.5 Å². The van der Waals surface area contributed by atoms with E-state index in [9.17, 15) is 40.5 Å². The van der Waals surface area contributed by atoms with Crippen molar-refractivity contribution in [1.29, 1.82) is 0 Å². The summed E-state index contributed by atoms with van der Waals surface area (Å²) in [6, 6.07) is 9.16. The van der Waals surface area contributed by atoms with Gasteiger partial charge in [0.1, 0.15) is 36.6 Å². The van der Waals surface area contributed by atoms with Crippen LogP contribution in [-0.4, -0.2) is 131 Å². The minimum atomic E-state index is -1.75. The van der Waals surface area contributed by atoms with Gasteiger partial charge in [-0.25, -0.2) is 4.79 Å². The minimum absolute atomic E-state index is 0.0270. The second-order valence-electron chi connectivity index (χ2n) is 10.8. The van der Waals surface area contributed by atoms with Crippen molar-refractivity contribution in [3.05, 3.63) is 53.6 Å². The molecular weight excluding hydrogens is 612 g/mol. The largest absolute Gasteiger partial charge is 0.504 e. The first-order chi connectivity index (χ1) is 22.0. The number of hydrogen-bond donors (Lipinski definition) is 7. The van der Waals surface area contributed by atoms with Crippen molar-refractivity contribution in [2.24, 2.45) is 0 Å². The maximum atomic E-state index is 12.9. The molecule has 15 heteroatoms. The number of hydrogen-bond acceptors (Lipinski definition) is 15. The lowest BCUT2D eigenvalue weighted by molar-refractivity contribution is -0.357. The van der Waals surface area contributed by atoms with Crippen molar-refractivity contribution < 1.29 is 73.7 Å². The molecule has 7 N–H and O–H groups in total. The molecule has 4 rings (SSSR count). The predicted octanol–water partition coefficient (Wildman–Crippen LogP) is -0.410. The predicted molar refractivity (Wildman–Crippen MR) is 157 cm³/mol. The van der Waals surface area contributed by atoms with Crippen LogP contribution < -0.4 is 9.47 Å². The van der Waals surface area contributed by atoms with Crippen LogP contribution in [0.2, 0.25) is 0 Å². The Kier molecular flexibility index (Phi) is 12.2. The summed E-state index contributed by atoms with van der Waals surface area (Å²) in [6.45, 7) is 0.761. The number of carbonyl (C=O) groups excluding carboxylic acids is 1. The summed E-state index contributed by atoms with van der Waals surface area (Å²) in [5, 5.41) is 71.7. The van der Waals surface area contributed by atoms with Gasteiger partial charge >= 0.3 is 5.97 Å². The van der Waals surface area contributed by atoms with E-state index in [4.69, 9.17) is 33.2 Å². The van der Waals surface area contributed by atoms with Crippen molar-refractivity contribution in [3.8, 4) is 23.0 Å². The van der Waals surface area contributed by atoms with E-state index < -0.39 is 79.7 Å². The number of benzene rings is 2. The Morgan fingerprint density at radius 1 is 0.848 bits per heavy atom. The molecule has 0 saturated carbocycles. The molecule has 0 radical (unpaired) electrons. The molecule has 2 aliphatic heterocycles. The van der Waals surface area contributed by atoms with Crippen LogP contribution in [-0.2, 0) is 34.9 Å². The van der Waals surface area contributed by atoms with Gasteiger partial charge in [0.2, 0.25) is 0 Å². The third-order valence-electron chi connectivity index (χ3n) is 7.68. The molecule has 0 bridgehead atoms. The Labute approximate surface area is 264 Å². The molecule has 10 atom stereocenters. The molecule has 2 aromatic rings. The quantitative estimate of drug-likeness (QED) is 0.0880. The van der Waals surface area contributed by atoms with E-state index in [1.54, 1.807) is 18.2 Å². The summed E-state index contributed by atoms with van der Waals surface area (Å²) < 4.78 is 39.1. The molecule has 2 fully saturated rings. The first-order valence-electron chi connectivity index (χ1n) is 14.5. The fourth-order valence-electron chi connectivity index (χ4n) is 5.07. The number of methoxy groups -OCH3 is 2. The number of ether oxygens (including phenoxy) is 7. The highest BCUT2D eigenvalue weighted by Crippen LogP contribution is 2.32. The van der Waals surface area contributed by atoms with E-state index in [1.807, 2.05) is 0 Å². The number of esters is 1. The summed E-state index contributed by atoms with van der Waals surface area (Å²) in [6.07, 6.45) is -12.1. The molecule has 2 aromatic carbocycles. The smallest absolute Gasteiger partial charge is 0.331 e. The number of aliphatic hydroxyl groups excluding tert-OH is 5. The molecule has 2 aliphatic rings. The van der Waals surface area contributed by atoms with Crippen molar-refractivity contribution in [1.82, 2.24) is 0 Å². The topological polar surface area (TPSA) is 223 Å². The van der Waals surface area contributed by atoms with Crippen molar-refractivity contribution in [2.75, 3.05) is 27.4 Å². The Morgan fingerprint density at radius 2 is 1.59 bits per heavy atom. The van der Waals surface area contributed by atoms with Crippen molar-refractivity contribution in [3.63, 3.8) is 0 Å². The maximum Gasteiger partial charge on any atom is 0.331 e. The van der Waals surface area contributed by atoms with Crippen LogP contribution in [0.5, 0.6) is 23.0 Å². The summed E-state index contributed by atoms with van der Waals surface area (Å²) in [5.74, 6) is -0.658. The van der Waals surface area contributed by atoms with Gasteiger partial charge in [-0.3, -0.25) is 0 Å². The average Bonchev–Trinajstić information content (AvgIpc) is 3.05. The van der Waals surface area contributed by atoms with E-state index in [1.165, 1.54) is 45.4 Å². The average molecular weight is 653 g/mol. The second kappa shape index (κ2) is 15.9. The lowest BCUT2D eigenvalue weighted by Gasteiger charge is -2.46. The minimum Gasteiger partial charge on any atom is -0.504 e. The number of aromatic hydroxyl groups is 2. The van der Waals surface area contributed by atoms with Gasteiger partial charge in [-0.15, -0.1) is 0 Å². The van der Waals surface area contributed by atoms with E-state index >= 15 is 0 Å². The van der Waals surface area contributed by atoms with Gasteiger partial charge in [0, 0.05) is 6.08 Å². The highest BCUT2D eigenvalue weighted by atomic mass is 16.7. The highest BCUT2D eigenvalue weighted by Gasteiger charge is 2.52. The molecule has 254 valence electrons. The van der Waals surface area contributed by atoms with Crippen LogP contribution in [0.4, 0.5) is 0 Å². The van der Waals surface area contributed by atoms with Crippen LogP contribution in [0.25, 0.3) is 6.08 Å². The van der Waals surface area contributed by atoms with Crippen LogP contribution in [0.3, 0.4) is 0 Å². The lowest BCUT2D eigenvalue weighted by Crippen LogP contribution is -2.65. The second-order valence-corrected chi connectivity index (χ2v) is 10.8. The van der Waals surface area contributed by atoms with Gasteiger partial charge < -0.3 is 68.9 Å². The summed E-state index contributed by atoms with van der Waals surface area (Å²) in [7, 11) is 3.02. The van der Waals surface area contributed by atoms with Gasteiger partial charge in [0.05, 0.1) is 33.5 Å². The van der Waals surface area contributed by atoms with Gasteiger partial charge in [-0.1, -0.05) is 12.1 Å². The Morgan fingerprint density at radius 3 is 2.26 bits per heavy atom. The highest BCUT2D eigenvalue weighted by molar-refractivity contribution is 5.87. The van der Waals surface area contributed by atoms with Crippen LogP contribution in [0.1, 0.15) is 18.1 Å². The Bertz CT molecular complexity index is 1340. The van der Waals surface area contributed by atoms with Crippen molar-refractivity contribution >= 4 is 12.0 Å². The normalized spacial score (nSPS) is 31.5. The summed E-state index contributed by atoms with van der Waals surface area (Å²) >= 11 is 0. The molecule has 0 spiro atoms. The van der Waals surface area contributed by atoms with Crippen LogP contribution >= 0.6 is 0 Å². The molecule has 2 saturated heterocycles. The third-order valence-corrected chi connectivity index (χ3v) is 7.68. The summed E-state index contributed by atoms with van der Waals surface area (Å²) in [5.41, 5.74) is 1.16. The maximum absolute atomic E-state index is 12.9. The zero-order valence-corrected chi connectivity index (χ0v) is 25.4. The molecule has 46 heavy (non-hydrogen) atoms. The molecule has 0 aliphatic carbocycles. The number of rotatable bonds is 12. The van der Waals surface area contributed by atoms with Crippen molar-refractivity contribution in [2.45, 2.75) is 74.8 Å². The van der Waals surface area contributed by atoms with E-state index in [0.29, 0.717) is 23.5 Å². The first-order valence-corrected chi connectivity index (χ1v) is 14.5. The molecule has 0 amide bonds. The molecule has 2 heterocycles. The zero-order chi connectivity index (χ0) is 33.5. The lowest BCUT2D eigenvalue weighted by atomic mass is 9.97. The summed E-state index contributed by atoms with van der Waals surface area (Å²) in [4.78, 5) is 12.9.